The second-order valence-corrected chi connectivity index (χ2v) is 5.72. The van der Waals surface area contributed by atoms with Gasteiger partial charge in [0, 0.05) is 7.05 Å². The van der Waals surface area contributed by atoms with Crippen LogP contribution in [0.15, 0.2) is 18.2 Å². The quantitative estimate of drug-likeness (QED) is 0.795. The lowest BCUT2D eigenvalue weighted by Gasteiger charge is -2.20. The third-order valence-corrected chi connectivity index (χ3v) is 4.07. The molecule has 84 valence electrons. The van der Waals surface area contributed by atoms with E-state index in [0.29, 0.717) is 11.4 Å². The average molecular weight is 228 g/mol. The van der Waals surface area contributed by atoms with Crippen molar-refractivity contribution in [1.82, 2.24) is 0 Å². The van der Waals surface area contributed by atoms with E-state index >= 15 is 0 Å². The lowest BCUT2D eigenvalue weighted by Crippen LogP contribution is -2.28. The molecule has 0 saturated carbocycles. The van der Waals surface area contributed by atoms with Gasteiger partial charge in [0.2, 0.25) is 10.0 Å². The van der Waals surface area contributed by atoms with Gasteiger partial charge < -0.3 is 5.73 Å². The normalized spacial score (nSPS) is 11.4. The molecular weight excluding hydrogens is 212 g/mol. The minimum atomic E-state index is -3.24. The number of rotatable bonds is 3. The number of sulfonamides is 1. The maximum absolute atomic E-state index is 11.6. The van der Waals surface area contributed by atoms with Crippen LogP contribution in [0.25, 0.3) is 0 Å². The first kappa shape index (κ1) is 11.8. The van der Waals surface area contributed by atoms with Crippen LogP contribution in [0.5, 0.6) is 0 Å². The van der Waals surface area contributed by atoms with E-state index in [-0.39, 0.29) is 5.75 Å². The zero-order valence-corrected chi connectivity index (χ0v) is 10.0. The number of anilines is 2. The Morgan fingerprint density at radius 3 is 2.53 bits per heavy atom. The standard InChI is InChI=1S/C10H16N2O2S/c1-4-15(13,14)12(3)10-7-8(2)5-6-9(10)11/h5-7H,4,11H2,1-3H3. The van der Waals surface area contributed by atoms with Crippen molar-refractivity contribution >= 4 is 21.4 Å². The van der Waals surface area contributed by atoms with Crippen LogP contribution in [0, 0.1) is 6.92 Å². The molecule has 0 unspecified atom stereocenters. The van der Waals surface area contributed by atoms with Gasteiger partial charge in [-0.1, -0.05) is 6.07 Å². The van der Waals surface area contributed by atoms with Gasteiger partial charge in [-0.2, -0.15) is 0 Å². The Morgan fingerprint density at radius 2 is 2.00 bits per heavy atom. The van der Waals surface area contributed by atoms with E-state index < -0.39 is 10.0 Å². The van der Waals surface area contributed by atoms with Gasteiger partial charge in [-0.25, -0.2) is 8.42 Å². The van der Waals surface area contributed by atoms with Gasteiger partial charge in [0.25, 0.3) is 0 Å². The SMILES string of the molecule is CCS(=O)(=O)N(C)c1cc(C)ccc1N. The van der Waals surface area contributed by atoms with Gasteiger partial charge >= 0.3 is 0 Å². The number of hydrogen-bond donors (Lipinski definition) is 1. The molecule has 0 aromatic heterocycles. The van der Waals surface area contributed by atoms with Crippen LogP contribution >= 0.6 is 0 Å². The molecule has 0 spiro atoms. The van der Waals surface area contributed by atoms with Crippen molar-refractivity contribution in [1.29, 1.82) is 0 Å². The van der Waals surface area contributed by atoms with Gasteiger partial charge in [0.05, 0.1) is 17.1 Å². The minimum absolute atomic E-state index is 0.0664. The number of hydrogen-bond acceptors (Lipinski definition) is 3. The van der Waals surface area contributed by atoms with Gasteiger partial charge in [-0.15, -0.1) is 0 Å². The molecule has 1 aromatic carbocycles. The largest absolute Gasteiger partial charge is 0.397 e. The summed E-state index contributed by atoms with van der Waals surface area (Å²) in [6, 6.07) is 5.33. The van der Waals surface area contributed by atoms with Gasteiger partial charge in [-0.3, -0.25) is 4.31 Å². The van der Waals surface area contributed by atoms with Crippen molar-refractivity contribution in [2.45, 2.75) is 13.8 Å². The zero-order valence-electron chi connectivity index (χ0n) is 9.19. The highest BCUT2D eigenvalue weighted by atomic mass is 32.2. The Labute approximate surface area is 90.8 Å². The molecule has 15 heavy (non-hydrogen) atoms. The van der Waals surface area contributed by atoms with Crippen molar-refractivity contribution in [3.63, 3.8) is 0 Å². The highest BCUT2D eigenvalue weighted by molar-refractivity contribution is 7.92. The summed E-state index contributed by atoms with van der Waals surface area (Å²) >= 11 is 0. The van der Waals surface area contributed by atoms with Crippen LogP contribution in [-0.4, -0.2) is 21.2 Å². The highest BCUT2D eigenvalue weighted by Gasteiger charge is 2.17. The molecule has 0 fully saturated rings. The summed E-state index contributed by atoms with van der Waals surface area (Å²) in [4.78, 5) is 0. The molecule has 0 heterocycles. The maximum Gasteiger partial charge on any atom is 0.234 e. The fourth-order valence-electron chi connectivity index (χ4n) is 1.27. The van der Waals surface area contributed by atoms with Crippen molar-refractivity contribution in [3.05, 3.63) is 23.8 Å². The summed E-state index contributed by atoms with van der Waals surface area (Å²) in [5, 5.41) is 0. The van der Waals surface area contributed by atoms with Crippen LogP contribution in [0.4, 0.5) is 11.4 Å². The molecule has 0 radical (unpaired) electrons. The van der Waals surface area contributed by atoms with Crippen LogP contribution in [0.2, 0.25) is 0 Å². The Morgan fingerprint density at radius 1 is 1.40 bits per heavy atom. The summed E-state index contributed by atoms with van der Waals surface area (Å²) in [5.74, 6) is 0.0664. The molecule has 1 aromatic rings. The third-order valence-electron chi connectivity index (χ3n) is 2.31. The lowest BCUT2D eigenvalue weighted by molar-refractivity contribution is 0.595. The summed E-state index contributed by atoms with van der Waals surface area (Å²) < 4.78 is 24.5. The van der Waals surface area contributed by atoms with Crippen molar-refractivity contribution < 1.29 is 8.42 Å². The van der Waals surface area contributed by atoms with E-state index in [1.54, 1.807) is 19.1 Å². The van der Waals surface area contributed by atoms with E-state index in [0.717, 1.165) is 5.56 Å². The van der Waals surface area contributed by atoms with Crippen molar-refractivity contribution in [2.24, 2.45) is 0 Å². The monoisotopic (exact) mass is 228 g/mol. The predicted octanol–water partition coefficient (Wildman–Crippen LogP) is 1.36. The molecule has 0 atom stereocenters. The second kappa shape index (κ2) is 4.10. The molecule has 0 aliphatic carbocycles. The molecule has 1 rings (SSSR count). The van der Waals surface area contributed by atoms with Gasteiger partial charge in [0.1, 0.15) is 0 Å². The van der Waals surface area contributed by atoms with Gasteiger partial charge in [-0.05, 0) is 31.5 Å². The van der Waals surface area contributed by atoms with Crippen molar-refractivity contribution in [2.75, 3.05) is 22.8 Å². The second-order valence-electron chi connectivity index (χ2n) is 3.43. The van der Waals surface area contributed by atoms with Crippen molar-refractivity contribution in [3.8, 4) is 0 Å². The van der Waals surface area contributed by atoms with Crippen LogP contribution < -0.4 is 10.0 Å². The average Bonchev–Trinajstić information content (AvgIpc) is 2.20. The summed E-state index contributed by atoms with van der Waals surface area (Å²) in [6.07, 6.45) is 0. The summed E-state index contributed by atoms with van der Waals surface area (Å²) in [7, 11) is -1.72. The first-order valence-corrected chi connectivity index (χ1v) is 6.32. The van der Waals surface area contributed by atoms with E-state index in [9.17, 15) is 8.42 Å². The molecule has 4 nitrogen and oxygen atoms in total. The first-order valence-electron chi connectivity index (χ1n) is 4.71. The van der Waals surface area contributed by atoms with E-state index in [2.05, 4.69) is 0 Å². The number of benzene rings is 1. The Hall–Kier alpha value is -1.23. The molecule has 0 amide bonds. The number of nitrogen functional groups attached to an aromatic ring is 1. The van der Waals surface area contributed by atoms with Crippen LogP contribution in [0.3, 0.4) is 0 Å². The van der Waals surface area contributed by atoms with Crippen LogP contribution in [-0.2, 0) is 10.0 Å². The van der Waals surface area contributed by atoms with Crippen LogP contribution in [0.1, 0.15) is 12.5 Å². The fraction of sp³-hybridized carbons (Fsp3) is 0.400. The lowest BCUT2D eigenvalue weighted by atomic mass is 10.2. The Bertz CT molecular complexity index is 454. The smallest absolute Gasteiger partial charge is 0.234 e. The number of nitrogens with zero attached hydrogens (tertiary/aromatic N) is 1. The number of nitrogens with two attached hydrogens (primary N) is 1. The number of aryl methyl sites for hydroxylation is 1. The van der Waals surface area contributed by atoms with E-state index in [4.69, 9.17) is 5.73 Å². The molecule has 2 N–H and O–H groups in total. The maximum atomic E-state index is 11.6. The molecule has 0 aliphatic heterocycles. The molecular formula is C10H16N2O2S. The Kier molecular flexibility index (Phi) is 3.24. The third kappa shape index (κ3) is 2.41. The highest BCUT2D eigenvalue weighted by Crippen LogP contribution is 2.25. The zero-order chi connectivity index (χ0) is 11.6. The summed E-state index contributed by atoms with van der Waals surface area (Å²) in [6.45, 7) is 3.51. The Balaban J connectivity index is 3.22. The fourth-order valence-corrected chi connectivity index (χ4v) is 2.12. The predicted molar refractivity (Wildman–Crippen MR) is 63.5 cm³/mol. The van der Waals surface area contributed by atoms with Gasteiger partial charge in [0.15, 0.2) is 0 Å². The van der Waals surface area contributed by atoms with E-state index in [1.165, 1.54) is 11.4 Å². The minimum Gasteiger partial charge on any atom is -0.397 e. The first-order chi connectivity index (χ1) is 6.88. The molecule has 0 bridgehead atoms. The molecule has 5 heteroatoms. The van der Waals surface area contributed by atoms with E-state index in [1.807, 2.05) is 13.0 Å². The molecule has 0 saturated heterocycles. The summed E-state index contributed by atoms with van der Waals surface area (Å²) in [5.41, 5.74) is 7.73. The topological polar surface area (TPSA) is 63.4 Å². The molecule has 0 aliphatic rings.